The predicted molar refractivity (Wildman–Crippen MR) is 118 cm³/mol. The molecule has 3 aromatic rings. The fraction of sp³-hybridized carbons (Fsp3) is 0.545. The molecule has 2 atom stereocenters. The molecule has 1 amide bonds. The monoisotopic (exact) mass is 422 g/mol. The Morgan fingerprint density at radius 3 is 2.74 bits per heavy atom. The molecule has 2 N–H and O–H groups in total. The van der Waals surface area contributed by atoms with E-state index in [9.17, 15) is 4.79 Å². The fourth-order valence-corrected chi connectivity index (χ4v) is 4.83. The van der Waals surface area contributed by atoms with Crippen LogP contribution in [0.15, 0.2) is 18.5 Å². The highest BCUT2D eigenvalue weighted by Crippen LogP contribution is 2.33. The van der Waals surface area contributed by atoms with Crippen LogP contribution < -0.4 is 10.6 Å². The third kappa shape index (κ3) is 3.46. The van der Waals surface area contributed by atoms with Crippen molar-refractivity contribution < 1.29 is 4.79 Å². The lowest BCUT2D eigenvalue weighted by Gasteiger charge is -2.34. The number of nitrogens with two attached hydrogens (primary N) is 1. The molecule has 0 radical (unpaired) electrons. The van der Waals surface area contributed by atoms with Crippen LogP contribution in [0, 0.1) is 13.8 Å². The minimum absolute atomic E-state index is 0.0308. The van der Waals surface area contributed by atoms with Gasteiger partial charge in [-0.25, -0.2) is 9.50 Å². The summed E-state index contributed by atoms with van der Waals surface area (Å²) in [5, 5.41) is 9.08. The summed E-state index contributed by atoms with van der Waals surface area (Å²) in [6, 6.07) is 2.19. The van der Waals surface area contributed by atoms with E-state index in [1.165, 1.54) is 0 Å². The zero-order valence-corrected chi connectivity index (χ0v) is 18.5. The second kappa shape index (κ2) is 7.64. The van der Waals surface area contributed by atoms with Crippen molar-refractivity contribution in [2.45, 2.75) is 51.6 Å². The molecule has 0 unspecified atom stereocenters. The van der Waals surface area contributed by atoms with Crippen molar-refractivity contribution in [3.05, 3.63) is 41.0 Å². The molecule has 2 fully saturated rings. The second-order valence-electron chi connectivity index (χ2n) is 8.89. The van der Waals surface area contributed by atoms with Crippen molar-refractivity contribution in [3.8, 4) is 0 Å². The maximum atomic E-state index is 13.3. The van der Waals surface area contributed by atoms with Crippen LogP contribution in [0.5, 0.6) is 0 Å². The van der Waals surface area contributed by atoms with Crippen molar-refractivity contribution in [2.75, 3.05) is 24.5 Å². The molecule has 5 rings (SSSR count). The van der Waals surface area contributed by atoms with Crippen LogP contribution >= 0.6 is 0 Å². The Balaban J connectivity index is 1.48. The third-order valence-electron chi connectivity index (χ3n) is 6.72. The number of nitrogens with zero attached hydrogens (tertiary/aromatic N) is 7. The van der Waals surface area contributed by atoms with Gasteiger partial charge in [0.1, 0.15) is 5.82 Å². The van der Waals surface area contributed by atoms with E-state index in [1.54, 1.807) is 10.9 Å². The highest BCUT2D eigenvalue weighted by Gasteiger charge is 2.32. The van der Waals surface area contributed by atoms with Gasteiger partial charge in [-0.2, -0.15) is 10.2 Å². The molecule has 31 heavy (non-hydrogen) atoms. The highest BCUT2D eigenvalue weighted by atomic mass is 16.2. The zero-order valence-electron chi connectivity index (χ0n) is 18.5. The van der Waals surface area contributed by atoms with Crippen LogP contribution in [0.2, 0.25) is 0 Å². The number of amides is 1. The van der Waals surface area contributed by atoms with E-state index in [0.717, 1.165) is 73.7 Å². The summed E-state index contributed by atoms with van der Waals surface area (Å²) >= 11 is 0. The Morgan fingerprint density at radius 1 is 1.19 bits per heavy atom. The fourth-order valence-electron chi connectivity index (χ4n) is 4.83. The summed E-state index contributed by atoms with van der Waals surface area (Å²) in [5.41, 5.74) is 10.4. The minimum atomic E-state index is -0.0495. The third-order valence-corrected chi connectivity index (χ3v) is 6.72. The topological polar surface area (TPSA) is 97.6 Å². The van der Waals surface area contributed by atoms with Crippen LogP contribution in [0.3, 0.4) is 0 Å². The molecule has 0 aromatic carbocycles. The smallest absolute Gasteiger partial charge is 0.257 e. The van der Waals surface area contributed by atoms with Gasteiger partial charge in [0.25, 0.3) is 5.91 Å². The van der Waals surface area contributed by atoms with Crippen molar-refractivity contribution in [1.29, 1.82) is 0 Å². The van der Waals surface area contributed by atoms with Gasteiger partial charge in [-0.1, -0.05) is 0 Å². The number of likely N-dealkylation sites (tertiary alicyclic amines) is 1. The normalized spacial score (nSPS) is 21.9. The maximum Gasteiger partial charge on any atom is 0.257 e. The molecule has 0 saturated carbocycles. The molecule has 2 aliphatic rings. The lowest BCUT2D eigenvalue weighted by Crippen LogP contribution is -2.38. The average Bonchev–Trinajstić information content (AvgIpc) is 3.46. The van der Waals surface area contributed by atoms with Gasteiger partial charge in [0, 0.05) is 56.2 Å². The molecule has 3 aromatic heterocycles. The summed E-state index contributed by atoms with van der Waals surface area (Å²) in [5.74, 6) is 1.01. The lowest BCUT2D eigenvalue weighted by atomic mass is 9.98. The van der Waals surface area contributed by atoms with Crippen molar-refractivity contribution in [3.63, 3.8) is 0 Å². The van der Waals surface area contributed by atoms with Gasteiger partial charge in [-0.3, -0.25) is 9.48 Å². The summed E-state index contributed by atoms with van der Waals surface area (Å²) < 4.78 is 3.59. The number of carbonyl (C=O) groups is 1. The number of aryl methyl sites for hydroxylation is 2. The standard InChI is InChI=1S/C22H30N8O/c1-14-12-30-20(25-21(14)28-9-7-16(23)13-28)10-18(26-30)19-6-4-5-8-29(19)22(31)17-11-24-27(3)15(17)2/h10-12,16,19H,4-9,13,23H2,1-3H3/t16-,19-/m0/s1. The number of hydrogen-bond donors (Lipinski definition) is 1. The van der Waals surface area contributed by atoms with E-state index in [4.69, 9.17) is 15.8 Å². The first kappa shape index (κ1) is 20.0. The quantitative estimate of drug-likeness (QED) is 0.693. The molecule has 164 valence electrons. The van der Waals surface area contributed by atoms with Gasteiger partial charge >= 0.3 is 0 Å². The van der Waals surface area contributed by atoms with E-state index in [-0.39, 0.29) is 18.0 Å². The Morgan fingerprint density at radius 2 is 2.03 bits per heavy atom. The molecule has 0 spiro atoms. The largest absolute Gasteiger partial charge is 0.355 e. The second-order valence-corrected chi connectivity index (χ2v) is 8.89. The number of piperidine rings is 1. The van der Waals surface area contributed by atoms with Gasteiger partial charge in [0.05, 0.1) is 23.5 Å². The Bertz CT molecular complexity index is 1130. The van der Waals surface area contributed by atoms with Crippen LogP contribution in [0.1, 0.15) is 59.0 Å². The molecule has 9 nitrogen and oxygen atoms in total. The first-order valence-electron chi connectivity index (χ1n) is 11.1. The Kier molecular flexibility index (Phi) is 4.92. The SMILES string of the molecule is Cc1cn2nc([C@@H]3CCCCN3C(=O)c3cnn(C)c3C)cc2nc1N1CC[C@H](N)C1. The number of rotatable bonds is 3. The van der Waals surface area contributed by atoms with E-state index < -0.39 is 0 Å². The van der Waals surface area contributed by atoms with Gasteiger partial charge in [0.2, 0.25) is 0 Å². The number of hydrogen-bond acceptors (Lipinski definition) is 6. The average molecular weight is 423 g/mol. The van der Waals surface area contributed by atoms with Crippen LogP contribution in [-0.4, -0.2) is 60.9 Å². The molecular weight excluding hydrogens is 392 g/mol. The Hall–Kier alpha value is -2.94. The minimum Gasteiger partial charge on any atom is -0.355 e. The number of carbonyl (C=O) groups excluding carboxylic acids is 1. The molecule has 0 bridgehead atoms. The van der Waals surface area contributed by atoms with Gasteiger partial charge < -0.3 is 15.5 Å². The highest BCUT2D eigenvalue weighted by molar-refractivity contribution is 5.95. The zero-order chi connectivity index (χ0) is 21.7. The summed E-state index contributed by atoms with van der Waals surface area (Å²) in [6.45, 7) is 6.49. The number of fused-ring (bicyclic) bond motifs is 1. The van der Waals surface area contributed by atoms with Gasteiger partial charge in [0.15, 0.2) is 5.65 Å². The molecular formula is C22H30N8O. The predicted octanol–water partition coefficient (Wildman–Crippen LogP) is 1.98. The number of aromatic nitrogens is 5. The molecule has 2 saturated heterocycles. The van der Waals surface area contributed by atoms with Crippen LogP contribution in [0.25, 0.3) is 5.65 Å². The van der Waals surface area contributed by atoms with E-state index in [1.807, 2.05) is 35.6 Å². The first-order chi connectivity index (χ1) is 14.9. The van der Waals surface area contributed by atoms with Crippen LogP contribution in [0.4, 0.5) is 5.82 Å². The van der Waals surface area contributed by atoms with Gasteiger partial charge in [-0.05, 0) is 39.5 Å². The van der Waals surface area contributed by atoms with Crippen LogP contribution in [-0.2, 0) is 7.05 Å². The summed E-state index contributed by atoms with van der Waals surface area (Å²) in [7, 11) is 1.86. The number of anilines is 1. The van der Waals surface area contributed by atoms with E-state index >= 15 is 0 Å². The summed E-state index contributed by atoms with van der Waals surface area (Å²) in [4.78, 5) is 22.5. The molecule has 5 heterocycles. The van der Waals surface area contributed by atoms with Gasteiger partial charge in [-0.15, -0.1) is 0 Å². The molecule has 9 heteroatoms. The van der Waals surface area contributed by atoms with Crippen molar-refractivity contribution in [1.82, 2.24) is 29.3 Å². The molecule has 2 aliphatic heterocycles. The first-order valence-corrected chi connectivity index (χ1v) is 11.1. The van der Waals surface area contributed by atoms with E-state index in [0.29, 0.717) is 5.56 Å². The van der Waals surface area contributed by atoms with Crippen molar-refractivity contribution in [2.24, 2.45) is 12.8 Å². The van der Waals surface area contributed by atoms with E-state index in [2.05, 4.69) is 16.9 Å². The summed E-state index contributed by atoms with van der Waals surface area (Å²) in [6.07, 6.45) is 7.69. The Labute approximate surface area is 181 Å². The lowest BCUT2D eigenvalue weighted by molar-refractivity contribution is 0.0605. The molecule has 0 aliphatic carbocycles. The van der Waals surface area contributed by atoms with Crippen molar-refractivity contribution >= 4 is 17.4 Å². The maximum absolute atomic E-state index is 13.3.